The van der Waals surface area contributed by atoms with E-state index in [2.05, 4.69) is 61.9 Å². The zero-order chi connectivity index (χ0) is 21.6. The number of allylic oxidation sites excluding steroid dienone is 1. The monoisotopic (exact) mass is 403 g/mol. The van der Waals surface area contributed by atoms with Gasteiger partial charge >= 0.3 is 0 Å². The Hall–Kier alpha value is -3.08. The fourth-order valence-corrected chi connectivity index (χ4v) is 4.47. The molecule has 4 rings (SSSR count). The Morgan fingerprint density at radius 3 is 2.33 bits per heavy atom. The molecule has 1 aliphatic carbocycles. The first-order valence-corrected chi connectivity index (χ1v) is 10.4. The van der Waals surface area contributed by atoms with Gasteiger partial charge in [0.15, 0.2) is 0 Å². The zero-order valence-electron chi connectivity index (χ0n) is 18.2. The highest BCUT2D eigenvalue weighted by Crippen LogP contribution is 2.45. The van der Waals surface area contributed by atoms with Gasteiger partial charge in [-0.3, -0.25) is 9.59 Å². The highest BCUT2D eigenvalue weighted by Gasteiger charge is 2.41. The van der Waals surface area contributed by atoms with E-state index in [0.717, 1.165) is 28.3 Å². The highest BCUT2D eigenvalue weighted by atomic mass is 16.1. The number of carbonyl (C=O) groups excluding carboxylic acids is 2. The number of Topliss-reactive ketones (excluding diaryl/α,β-unsaturated/α-hetero) is 1. The van der Waals surface area contributed by atoms with Crippen molar-refractivity contribution in [3.63, 3.8) is 0 Å². The molecular weight excluding hydrogens is 374 g/mol. The summed E-state index contributed by atoms with van der Waals surface area (Å²) >= 11 is 0. The van der Waals surface area contributed by atoms with Gasteiger partial charge in [-0.05, 0) is 60.2 Å². The van der Waals surface area contributed by atoms with Crippen LogP contribution >= 0.6 is 0 Å². The molecular formula is C25H29N3O2. The lowest BCUT2D eigenvalue weighted by molar-refractivity contribution is -0.124. The Balaban J connectivity index is 1.82. The summed E-state index contributed by atoms with van der Waals surface area (Å²) in [6, 6.07) is 11.8. The van der Waals surface area contributed by atoms with Crippen LogP contribution in [0, 0.1) is 25.2 Å². The number of aryl methyl sites for hydroxylation is 2. The Bertz CT molecular complexity index is 1050. The lowest BCUT2D eigenvalue weighted by atomic mass is 9.72. The molecule has 0 fully saturated rings. The molecule has 1 aliphatic heterocycles. The third-order valence-corrected chi connectivity index (χ3v) is 6.01. The van der Waals surface area contributed by atoms with Crippen molar-refractivity contribution in [3.05, 3.63) is 64.9 Å². The third kappa shape index (κ3) is 3.84. The summed E-state index contributed by atoms with van der Waals surface area (Å²) in [7, 11) is 0. The number of amides is 1. The van der Waals surface area contributed by atoms with Crippen LogP contribution in [0.15, 0.2) is 48.2 Å². The smallest absolute Gasteiger partial charge is 0.221 e. The minimum absolute atomic E-state index is 0.103. The number of nitrogens with one attached hydrogen (secondary N) is 3. The molecule has 2 aromatic carbocycles. The van der Waals surface area contributed by atoms with Gasteiger partial charge < -0.3 is 16.0 Å². The number of rotatable bonds is 2. The molecule has 1 heterocycles. The van der Waals surface area contributed by atoms with Gasteiger partial charge in [0, 0.05) is 24.7 Å². The van der Waals surface area contributed by atoms with Crippen LogP contribution < -0.4 is 16.0 Å². The molecule has 2 aliphatic rings. The highest BCUT2D eigenvalue weighted by molar-refractivity contribution is 5.91. The minimum Gasteiger partial charge on any atom is -0.375 e. The summed E-state index contributed by atoms with van der Waals surface area (Å²) in [6.07, 6.45) is 2.73. The molecule has 0 radical (unpaired) electrons. The molecule has 0 saturated heterocycles. The van der Waals surface area contributed by atoms with E-state index in [9.17, 15) is 9.59 Å². The molecule has 2 unspecified atom stereocenters. The van der Waals surface area contributed by atoms with Gasteiger partial charge in [0.25, 0.3) is 0 Å². The van der Waals surface area contributed by atoms with Crippen LogP contribution in [0.5, 0.6) is 0 Å². The number of benzene rings is 2. The van der Waals surface area contributed by atoms with E-state index < -0.39 is 0 Å². The molecule has 30 heavy (non-hydrogen) atoms. The van der Waals surface area contributed by atoms with Crippen LogP contribution in [0.4, 0.5) is 17.1 Å². The predicted molar refractivity (Wildman–Crippen MR) is 122 cm³/mol. The summed E-state index contributed by atoms with van der Waals surface area (Å²) in [5.74, 6) is -0.165. The number of carbonyl (C=O) groups is 2. The third-order valence-electron chi connectivity index (χ3n) is 6.01. The quantitative estimate of drug-likeness (QED) is 0.633. The van der Waals surface area contributed by atoms with E-state index in [0.29, 0.717) is 6.42 Å². The molecule has 0 spiro atoms. The van der Waals surface area contributed by atoms with Crippen molar-refractivity contribution in [1.29, 1.82) is 0 Å². The van der Waals surface area contributed by atoms with Gasteiger partial charge in [-0.25, -0.2) is 0 Å². The number of fused-ring (bicyclic) bond motifs is 2. The molecule has 1 amide bonds. The largest absolute Gasteiger partial charge is 0.375 e. The molecule has 0 aromatic heterocycles. The Labute approximate surface area is 178 Å². The number of hydrogen-bond acceptors (Lipinski definition) is 4. The van der Waals surface area contributed by atoms with E-state index in [1.165, 1.54) is 18.1 Å². The van der Waals surface area contributed by atoms with Crippen molar-refractivity contribution in [2.24, 2.45) is 11.3 Å². The summed E-state index contributed by atoms with van der Waals surface area (Å²) < 4.78 is 0. The topological polar surface area (TPSA) is 70.2 Å². The zero-order valence-corrected chi connectivity index (χ0v) is 18.2. The van der Waals surface area contributed by atoms with Crippen LogP contribution in [-0.2, 0) is 9.59 Å². The standard InChI is InChI=1S/C25H29N3O2/c1-14-10-19-20(11-15(14)2)28-24(17-6-8-18(9-7-17)26-16(3)29)23-21(27-19)12-25(4,5)13-22(23)30/h6-12,23-24,27-28H,13H2,1-5H3,(H,26,29). The molecule has 5 heteroatoms. The Morgan fingerprint density at radius 1 is 1.07 bits per heavy atom. The second-order valence-corrected chi connectivity index (χ2v) is 9.24. The van der Waals surface area contributed by atoms with E-state index in [1.807, 2.05) is 24.3 Å². The van der Waals surface area contributed by atoms with Gasteiger partial charge in [0.2, 0.25) is 5.91 Å². The molecule has 156 valence electrons. The van der Waals surface area contributed by atoms with E-state index in [1.54, 1.807) is 0 Å². The molecule has 2 atom stereocenters. The van der Waals surface area contributed by atoms with Crippen molar-refractivity contribution < 1.29 is 9.59 Å². The second kappa shape index (κ2) is 7.31. The van der Waals surface area contributed by atoms with Crippen molar-refractivity contribution in [2.45, 2.75) is 47.1 Å². The molecule has 5 nitrogen and oxygen atoms in total. The van der Waals surface area contributed by atoms with Crippen LogP contribution in [0.25, 0.3) is 0 Å². The Kier molecular flexibility index (Phi) is 4.92. The van der Waals surface area contributed by atoms with Gasteiger partial charge in [-0.1, -0.05) is 32.1 Å². The maximum Gasteiger partial charge on any atom is 0.221 e. The average Bonchev–Trinajstić information content (AvgIpc) is 2.78. The van der Waals surface area contributed by atoms with Crippen molar-refractivity contribution in [3.8, 4) is 0 Å². The van der Waals surface area contributed by atoms with Crippen molar-refractivity contribution >= 4 is 28.8 Å². The fourth-order valence-electron chi connectivity index (χ4n) is 4.47. The van der Waals surface area contributed by atoms with Gasteiger partial charge in [-0.2, -0.15) is 0 Å². The maximum atomic E-state index is 13.3. The second-order valence-electron chi connectivity index (χ2n) is 9.24. The fraction of sp³-hybridized carbons (Fsp3) is 0.360. The van der Waals surface area contributed by atoms with Crippen LogP contribution in [0.1, 0.15) is 49.9 Å². The van der Waals surface area contributed by atoms with E-state index in [4.69, 9.17) is 0 Å². The van der Waals surface area contributed by atoms with Gasteiger partial charge in [0.05, 0.1) is 23.3 Å². The van der Waals surface area contributed by atoms with E-state index in [-0.39, 0.29) is 29.1 Å². The molecule has 3 N–H and O–H groups in total. The average molecular weight is 404 g/mol. The molecule has 0 bridgehead atoms. The number of anilines is 3. The summed E-state index contributed by atoms with van der Waals surface area (Å²) in [4.78, 5) is 24.6. The molecule has 2 aromatic rings. The van der Waals surface area contributed by atoms with Gasteiger partial charge in [0.1, 0.15) is 5.78 Å². The lowest BCUT2D eigenvalue weighted by Crippen LogP contribution is -2.36. The van der Waals surface area contributed by atoms with Crippen LogP contribution in [0.2, 0.25) is 0 Å². The van der Waals surface area contributed by atoms with Crippen LogP contribution in [0.3, 0.4) is 0 Å². The number of ketones is 1. The SMILES string of the molecule is CC(=O)Nc1ccc(C2Nc3cc(C)c(C)cc3NC3=CC(C)(C)CC(=O)C32)cc1. The predicted octanol–water partition coefficient (Wildman–Crippen LogP) is 5.34. The summed E-state index contributed by atoms with van der Waals surface area (Å²) in [5.41, 5.74) is 6.94. The van der Waals surface area contributed by atoms with Crippen molar-refractivity contribution in [1.82, 2.24) is 0 Å². The first-order chi connectivity index (χ1) is 14.1. The number of hydrogen-bond donors (Lipinski definition) is 3. The van der Waals surface area contributed by atoms with Gasteiger partial charge in [-0.15, -0.1) is 0 Å². The lowest BCUT2D eigenvalue weighted by Gasteiger charge is -2.35. The summed E-state index contributed by atoms with van der Waals surface area (Å²) in [5, 5.41) is 10.0. The van der Waals surface area contributed by atoms with Crippen LogP contribution in [-0.4, -0.2) is 11.7 Å². The first kappa shape index (κ1) is 20.2. The van der Waals surface area contributed by atoms with Crippen molar-refractivity contribution in [2.75, 3.05) is 16.0 Å². The summed E-state index contributed by atoms with van der Waals surface area (Å²) in [6.45, 7) is 9.90. The normalized spacial score (nSPS) is 21.9. The maximum absolute atomic E-state index is 13.3. The molecule has 0 saturated carbocycles. The Morgan fingerprint density at radius 2 is 1.70 bits per heavy atom. The minimum atomic E-state index is -0.294. The first-order valence-electron chi connectivity index (χ1n) is 10.4. The van der Waals surface area contributed by atoms with E-state index >= 15 is 0 Å².